The fourth-order valence-corrected chi connectivity index (χ4v) is 5.39. The molecule has 2 rings (SSSR count). The van der Waals surface area contributed by atoms with Crippen molar-refractivity contribution < 1.29 is 28.2 Å². The van der Waals surface area contributed by atoms with E-state index in [0.29, 0.717) is 31.7 Å². The molecule has 2 aliphatic heterocycles. The van der Waals surface area contributed by atoms with Crippen molar-refractivity contribution in [2.75, 3.05) is 25.4 Å². The molecule has 1 unspecified atom stereocenters. The van der Waals surface area contributed by atoms with Gasteiger partial charge in [-0.1, -0.05) is 31.9 Å². The highest BCUT2D eigenvalue weighted by molar-refractivity contribution is 7.89. The molecule has 4 N–H and O–H groups in total. The lowest BCUT2D eigenvalue weighted by atomic mass is 9.77. The molecule has 30 heavy (non-hydrogen) atoms. The van der Waals surface area contributed by atoms with Gasteiger partial charge in [-0.3, -0.25) is 4.79 Å². The predicted octanol–water partition coefficient (Wildman–Crippen LogP) is 1.09. The van der Waals surface area contributed by atoms with Crippen molar-refractivity contribution in [3.05, 3.63) is 12.2 Å². The second-order valence-corrected chi connectivity index (χ2v) is 10.3. The first-order valence-corrected chi connectivity index (χ1v) is 12.8. The molecule has 0 spiro atoms. The second kappa shape index (κ2) is 12.8. The van der Waals surface area contributed by atoms with Crippen LogP contribution in [0, 0.1) is 11.8 Å². The van der Waals surface area contributed by atoms with Crippen LogP contribution < -0.4 is 10.0 Å². The number of fused-ring (bicyclic) bond motifs is 2. The minimum absolute atomic E-state index is 0.0537. The lowest BCUT2D eigenvalue weighted by Gasteiger charge is -2.27. The molecule has 0 aromatic heterocycles. The summed E-state index contributed by atoms with van der Waals surface area (Å²) in [7, 11) is -3.41. The Morgan fingerprint density at radius 2 is 1.93 bits per heavy atom. The van der Waals surface area contributed by atoms with Gasteiger partial charge < -0.3 is 20.3 Å². The van der Waals surface area contributed by atoms with Crippen LogP contribution in [0.1, 0.15) is 58.3 Å². The maximum absolute atomic E-state index is 12.1. The van der Waals surface area contributed by atoms with E-state index >= 15 is 0 Å². The van der Waals surface area contributed by atoms with E-state index in [0.717, 1.165) is 32.1 Å². The standard InChI is InChI=1S/C21H38N2O6S/c1-2-3-7-12-30(27,28)23-14-21(26)22-13-18-17(19-10-11-20(18)29-19)9-6-4-5-8-16(25)15-24/h4,6,16-20,23-25H,2-3,5,7-15H2,1H3,(H,22,26)/t16-,17?,18-,19+,20-/m1/s1. The van der Waals surface area contributed by atoms with Crippen LogP contribution in [-0.4, -0.2) is 68.3 Å². The van der Waals surface area contributed by atoms with Gasteiger partial charge in [-0.15, -0.1) is 0 Å². The Morgan fingerprint density at radius 1 is 1.20 bits per heavy atom. The Kier molecular flexibility index (Phi) is 10.7. The molecule has 0 saturated carbocycles. The minimum Gasteiger partial charge on any atom is -0.394 e. The maximum Gasteiger partial charge on any atom is 0.235 e. The smallest absolute Gasteiger partial charge is 0.235 e. The lowest BCUT2D eigenvalue weighted by molar-refractivity contribution is -0.120. The molecule has 0 radical (unpaired) electrons. The number of hydrogen-bond donors (Lipinski definition) is 4. The quantitative estimate of drug-likeness (QED) is 0.220. The molecule has 0 aromatic carbocycles. The van der Waals surface area contributed by atoms with Crippen molar-refractivity contribution in [1.82, 2.24) is 10.0 Å². The molecule has 2 aliphatic rings. The average molecular weight is 447 g/mol. The molecule has 5 atom stereocenters. The van der Waals surface area contributed by atoms with Crippen LogP contribution in [0.25, 0.3) is 0 Å². The molecule has 2 fully saturated rings. The van der Waals surface area contributed by atoms with Crippen molar-refractivity contribution >= 4 is 15.9 Å². The van der Waals surface area contributed by atoms with Gasteiger partial charge in [0.25, 0.3) is 0 Å². The zero-order chi connectivity index (χ0) is 22.0. The normalized spacial score (nSPS) is 27.0. The van der Waals surface area contributed by atoms with E-state index in [1.165, 1.54) is 0 Å². The number of allylic oxidation sites excluding steroid dienone is 2. The van der Waals surface area contributed by atoms with Gasteiger partial charge >= 0.3 is 0 Å². The first kappa shape index (κ1) is 25.3. The van der Waals surface area contributed by atoms with Crippen LogP contribution in [0.2, 0.25) is 0 Å². The highest BCUT2D eigenvalue weighted by atomic mass is 32.2. The fraction of sp³-hybridized carbons (Fsp3) is 0.857. The van der Waals surface area contributed by atoms with Gasteiger partial charge in [0.2, 0.25) is 15.9 Å². The third-order valence-corrected chi connectivity index (χ3v) is 7.46. The van der Waals surface area contributed by atoms with E-state index in [4.69, 9.17) is 9.84 Å². The van der Waals surface area contributed by atoms with Crippen LogP contribution in [0.5, 0.6) is 0 Å². The Morgan fingerprint density at radius 3 is 2.63 bits per heavy atom. The lowest BCUT2D eigenvalue weighted by Crippen LogP contribution is -2.42. The van der Waals surface area contributed by atoms with Crippen molar-refractivity contribution in [3.63, 3.8) is 0 Å². The fourth-order valence-electron chi connectivity index (χ4n) is 4.31. The monoisotopic (exact) mass is 446 g/mol. The van der Waals surface area contributed by atoms with Gasteiger partial charge in [0.1, 0.15) is 0 Å². The molecule has 174 valence electrons. The third kappa shape index (κ3) is 8.26. The molecule has 2 bridgehead atoms. The molecular formula is C21H38N2O6S. The van der Waals surface area contributed by atoms with E-state index in [9.17, 15) is 18.3 Å². The summed E-state index contributed by atoms with van der Waals surface area (Å²) in [6.45, 7) is 2.05. The van der Waals surface area contributed by atoms with E-state index in [1.54, 1.807) is 0 Å². The Labute approximate surface area is 180 Å². The number of sulfonamides is 1. The highest BCUT2D eigenvalue weighted by Gasteiger charge is 2.47. The van der Waals surface area contributed by atoms with E-state index in [-0.39, 0.29) is 42.9 Å². The number of hydrogen-bond acceptors (Lipinski definition) is 6. The molecule has 0 aliphatic carbocycles. The van der Waals surface area contributed by atoms with Crippen LogP contribution >= 0.6 is 0 Å². The Bertz CT molecular complexity index is 654. The van der Waals surface area contributed by atoms with E-state index in [1.807, 2.05) is 13.0 Å². The molecule has 0 aromatic rings. The molecule has 2 heterocycles. The molecular weight excluding hydrogens is 408 g/mol. The third-order valence-electron chi connectivity index (χ3n) is 6.05. The Balaban J connectivity index is 1.73. The summed E-state index contributed by atoms with van der Waals surface area (Å²) in [6.07, 6.45) is 10.3. The summed E-state index contributed by atoms with van der Waals surface area (Å²) in [5.74, 6) is 0.289. The number of carbonyl (C=O) groups excluding carboxylic acids is 1. The molecule has 2 saturated heterocycles. The molecule has 9 heteroatoms. The summed E-state index contributed by atoms with van der Waals surface area (Å²) >= 11 is 0. The molecule has 1 amide bonds. The van der Waals surface area contributed by atoms with Crippen molar-refractivity contribution in [1.29, 1.82) is 0 Å². The van der Waals surface area contributed by atoms with Crippen LogP contribution in [0.15, 0.2) is 12.2 Å². The number of nitrogens with one attached hydrogen (secondary N) is 2. The first-order valence-electron chi connectivity index (χ1n) is 11.2. The zero-order valence-corrected chi connectivity index (χ0v) is 18.8. The number of rotatable bonds is 15. The minimum atomic E-state index is -3.41. The van der Waals surface area contributed by atoms with Gasteiger partial charge in [0.05, 0.1) is 37.2 Å². The van der Waals surface area contributed by atoms with Crippen molar-refractivity contribution in [3.8, 4) is 0 Å². The zero-order valence-electron chi connectivity index (χ0n) is 18.0. The number of unbranched alkanes of at least 4 members (excludes halogenated alkanes) is 2. The Hall–Kier alpha value is -1.00. The predicted molar refractivity (Wildman–Crippen MR) is 115 cm³/mol. The largest absolute Gasteiger partial charge is 0.394 e. The van der Waals surface area contributed by atoms with Gasteiger partial charge in [-0.25, -0.2) is 13.1 Å². The van der Waals surface area contributed by atoms with Crippen LogP contribution in [0.4, 0.5) is 0 Å². The second-order valence-electron chi connectivity index (χ2n) is 8.39. The first-order chi connectivity index (χ1) is 14.4. The van der Waals surface area contributed by atoms with Crippen LogP contribution in [0.3, 0.4) is 0 Å². The number of aliphatic hydroxyl groups excluding tert-OH is 2. The van der Waals surface area contributed by atoms with Crippen molar-refractivity contribution in [2.24, 2.45) is 11.8 Å². The topological polar surface area (TPSA) is 125 Å². The van der Waals surface area contributed by atoms with E-state index in [2.05, 4.69) is 16.1 Å². The van der Waals surface area contributed by atoms with Gasteiger partial charge in [-0.2, -0.15) is 0 Å². The average Bonchev–Trinajstić information content (AvgIpc) is 3.32. The van der Waals surface area contributed by atoms with Crippen LogP contribution in [-0.2, 0) is 19.6 Å². The van der Waals surface area contributed by atoms with Gasteiger partial charge in [0.15, 0.2) is 0 Å². The highest BCUT2D eigenvalue weighted by Crippen LogP contribution is 2.44. The number of amides is 1. The maximum atomic E-state index is 12.1. The van der Waals surface area contributed by atoms with Gasteiger partial charge in [-0.05, 0) is 44.4 Å². The van der Waals surface area contributed by atoms with Crippen molar-refractivity contribution in [2.45, 2.75) is 76.6 Å². The number of ether oxygens (including phenoxy) is 1. The summed E-state index contributed by atoms with van der Waals surface area (Å²) in [6, 6.07) is 0. The summed E-state index contributed by atoms with van der Waals surface area (Å²) in [4.78, 5) is 12.1. The van der Waals surface area contributed by atoms with E-state index < -0.39 is 16.1 Å². The SMILES string of the molecule is CCCCCS(=O)(=O)NCC(=O)NC[C@@H]1C(CC=CCC[C@@H](O)CO)[C@@H]2CC[C@H]1O2. The molecule has 8 nitrogen and oxygen atoms in total. The number of carbonyl (C=O) groups is 1. The number of aliphatic hydroxyl groups is 2. The van der Waals surface area contributed by atoms with Gasteiger partial charge in [0, 0.05) is 12.5 Å². The summed E-state index contributed by atoms with van der Waals surface area (Å²) in [5.41, 5.74) is 0. The summed E-state index contributed by atoms with van der Waals surface area (Å²) < 4.78 is 32.2. The summed E-state index contributed by atoms with van der Waals surface area (Å²) in [5, 5.41) is 21.1.